The van der Waals surface area contributed by atoms with Crippen LogP contribution in [-0.2, 0) is 25.4 Å². The van der Waals surface area contributed by atoms with Crippen LogP contribution < -0.4 is 63.8 Å². The van der Waals surface area contributed by atoms with E-state index in [4.69, 9.17) is 11.6 Å². The van der Waals surface area contributed by atoms with Crippen LogP contribution in [0, 0.1) is 5.82 Å². The van der Waals surface area contributed by atoms with Gasteiger partial charge in [0.15, 0.2) is 47.0 Å². The van der Waals surface area contributed by atoms with Gasteiger partial charge in [0, 0.05) is 138 Å². The van der Waals surface area contributed by atoms with E-state index in [2.05, 4.69) is 152 Å². The number of pyridine rings is 1. The molecule has 32 nitrogen and oxygen atoms in total. The predicted octanol–water partition coefficient (Wildman–Crippen LogP) is 13.5. The molecular formula is C93H104Br4ClF6N17O15. The van der Waals surface area contributed by atoms with Gasteiger partial charge in [-0.05, 0) is 187 Å². The molecule has 8 atom stereocenters. The number of halogens is 11. The van der Waals surface area contributed by atoms with Crippen molar-refractivity contribution in [2.45, 2.75) is 140 Å². The van der Waals surface area contributed by atoms with E-state index in [9.17, 15) is 100 Å². The smallest absolute Gasteiger partial charge is 0.416 e. The average molecular weight is 2170 g/mol. The number of carbonyl (C=O) groups excluding carboxylic acids is 8. The van der Waals surface area contributed by atoms with Gasteiger partial charge in [0.05, 0.1) is 99.8 Å². The number of alkyl halides is 5. The fraction of sp³-hybridized carbons (Fsp3) is 0.366. The number of benzene rings is 7. The minimum absolute atomic E-state index is 0.0390. The Hall–Kier alpha value is -11.6. The van der Waals surface area contributed by atoms with Crippen LogP contribution in [-0.4, -0.2) is 214 Å². The third-order valence-corrected chi connectivity index (χ3v) is 23.3. The Bertz CT molecular complexity index is 5670. The van der Waals surface area contributed by atoms with Crippen molar-refractivity contribution in [2.75, 3.05) is 99.8 Å². The molecule has 0 fully saturated rings. The van der Waals surface area contributed by atoms with Crippen LogP contribution >= 0.6 is 75.3 Å². The molecule has 4 amide bonds. The van der Waals surface area contributed by atoms with Gasteiger partial charge in [-0.25, -0.2) is 13.2 Å². The highest BCUT2D eigenvalue weighted by molar-refractivity contribution is 9.11. The van der Waals surface area contributed by atoms with Crippen molar-refractivity contribution >= 4 is 169 Å². The number of carbonyl (C=O) groups is 8. The second-order valence-corrected chi connectivity index (χ2v) is 36.2. The first-order valence-corrected chi connectivity index (χ1v) is 46.7. The highest BCUT2D eigenvalue weighted by atomic mass is 79.9. The number of nitrogens with zero attached hydrogens (tertiary/aromatic N) is 5. The number of phenols is 3. The van der Waals surface area contributed by atoms with Crippen molar-refractivity contribution in [1.29, 1.82) is 0 Å². The van der Waals surface area contributed by atoms with Crippen LogP contribution in [0.25, 0.3) is 0 Å². The number of anilines is 4. The number of aliphatic hydroxyl groups excluding tert-OH is 4. The summed E-state index contributed by atoms with van der Waals surface area (Å²) >= 11 is 19.4. The van der Waals surface area contributed by atoms with Crippen LogP contribution in [0.3, 0.4) is 0 Å². The SMILES string of the molecule is CC[C@H](CC(=O)CNC(=O)c1cc(O)cc(NC2=NCC(O)CN2)c1)c1cc(Br)cc(C(F)F)c1.CC[C@H](CC(=O)CNC(=O)c1cc(O)cc(NC2=NCC(O)CN2)c1)c1cc(Cl)cc(C(F)(F)F)c1.CC[C@H](CC(=O)CNC(=O)c1cc(O)cc(NC2=NCC(O)CN2)c1)c1cc(F)cc(Br)c1.CC[C@H](CC(=O)CNC(=O)c1cncc(NC2=NCC(O)CN2)c1)c1cc(Br)cc(Br)c1. The summed E-state index contributed by atoms with van der Waals surface area (Å²) in [5, 5.41) is 102. The quantitative estimate of drug-likeness (QED) is 0.0170. The van der Waals surface area contributed by atoms with Gasteiger partial charge in [-0.2, -0.15) is 13.2 Å². The van der Waals surface area contributed by atoms with Crippen molar-refractivity contribution < 1.29 is 100 Å². The molecule has 0 aliphatic carbocycles. The number of hydrogen-bond acceptors (Lipinski definition) is 28. The van der Waals surface area contributed by atoms with E-state index in [1.54, 1.807) is 31.3 Å². The third-order valence-electron chi connectivity index (χ3n) is 21.2. The molecule has 8 aromatic rings. The Kier molecular flexibility index (Phi) is 41.8. The lowest BCUT2D eigenvalue weighted by Crippen LogP contribution is -2.42. The number of hydrogen-bond donors (Lipinski definition) is 19. The molecule has 0 bridgehead atoms. The van der Waals surface area contributed by atoms with Crippen molar-refractivity contribution in [3.8, 4) is 17.2 Å². The summed E-state index contributed by atoms with van der Waals surface area (Å²) in [7, 11) is 0. The highest BCUT2D eigenvalue weighted by Gasteiger charge is 2.33. The number of ketones is 4. The van der Waals surface area contributed by atoms with Gasteiger partial charge < -0.3 is 99.5 Å². The predicted molar refractivity (Wildman–Crippen MR) is 520 cm³/mol. The Morgan fingerprint density at radius 1 is 0.390 bits per heavy atom. The monoisotopic (exact) mass is 2160 g/mol. The van der Waals surface area contributed by atoms with Gasteiger partial charge in [-0.1, -0.05) is 103 Å². The van der Waals surface area contributed by atoms with Crippen molar-refractivity contribution in [3.05, 3.63) is 230 Å². The minimum Gasteiger partial charge on any atom is -0.508 e. The summed E-state index contributed by atoms with van der Waals surface area (Å²) in [6.45, 7) is 9.11. The number of Topliss-reactive ketones (excluding diaryl/α,β-unsaturated/α-hetero) is 4. The first-order chi connectivity index (χ1) is 64.6. The van der Waals surface area contributed by atoms with E-state index in [0.717, 1.165) is 38.6 Å². The zero-order valence-corrected chi connectivity index (χ0v) is 81.1. The van der Waals surface area contributed by atoms with Gasteiger partial charge in [0.25, 0.3) is 30.1 Å². The molecule has 0 spiro atoms. The fourth-order valence-corrected chi connectivity index (χ4v) is 16.8. The van der Waals surface area contributed by atoms with Crippen molar-refractivity contribution in [3.63, 3.8) is 0 Å². The zero-order valence-electron chi connectivity index (χ0n) is 74.0. The maximum absolute atomic E-state index is 13.7. The lowest BCUT2D eigenvalue weighted by molar-refractivity contribution is -0.137. The lowest BCUT2D eigenvalue weighted by Gasteiger charge is -2.20. The van der Waals surface area contributed by atoms with E-state index < -0.39 is 66.2 Å². The number of aromatic hydroxyl groups is 3. The average Bonchev–Trinajstić information content (AvgIpc) is 0.816. The number of aliphatic hydroxyl groups is 4. The fourth-order valence-electron chi connectivity index (χ4n) is 14.2. The minimum atomic E-state index is -4.56. The first-order valence-electron chi connectivity index (χ1n) is 43.1. The first kappa shape index (κ1) is 108. The topological polar surface area (TPSA) is 485 Å². The molecule has 43 heteroatoms. The molecule has 4 aliphatic heterocycles. The maximum atomic E-state index is 13.7. The molecule has 0 saturated carbocycles. The lowest BCUT2D eigenvalue weighted by atomic mass is 9.90. The summed E-state index contributed by atoms with van der Waals surface area (Å²) in [5.41, 5.74) is 4.22. The maximum Gasteiger partial charge on any atom is 0.416 e. The highest BCUT2D eigenvalue weighted by Crippen LogP contribution is 2.38. The number of amides is 4. The zero-order chi connectivity index (χ0) is 99.0. The molecule has 4 aliphatic rings. The van der Waals surface area contributed by atoms with Crippen LogP contribution in [0.4, 0.5) is 49.1 Å². The molecule has 19 N–H and O–H groups in total. The molecule has 0 radical (unpaired) electrons. The third kappa shape index (κ3) is 35.8. The van der Waals surface area contributed by atoms with Gasteiger partial charge in [0.2, 0.25) is 0 Å². The van der Waals surface area contributed by atoms with Gasteiger partial charge in [0.1, 0.15) is 23.1 Å². The van der Waals surface area contributed by atoms with Crippen LogP contribution in [0.1, 0.15) is 184 Å². The number of nitrogens with one attached hydrogen (secondary N) is 12. The number of aliphatic imine (C=N–C) groups is 4. The molecule has 7 aromatic carbocycles. The van der Waals surface area contributed by atoms with E-state index in [0.29, 0.717) is 131 Å². The second kappa shape index (κ2) is 52.6. The molecule has 5 heterocycles. The largest absolute Gasteiger partial charge is 0.508 e. The molecule has 12 rings (SSSR count). The number of phenolic OH excluding ortho intramolecular Hbond substituents is 3. The summed E-state index contributed by atoms with van der Waals surface area (Å²) in [6, 6.07) is 32.4. The summed E-state index contributed by atoms with van der Waals surface area (Å²) in [4.78, 5) is 121. The number of guanidine groups is 4. The van der Waals surface area contributed by atoms with Crippen LogP contribution in [0.15, 0.2) is 184 Å². The van der Waals surface area contributed by atoms with E-state index in [1.807, 2.05) is 39.0 Å². The van der Waals surface area contributed by atoms with Crippen LogP contribution in [0.2, 0.25) is 5.02 Å². The molecule has 0 saturated heterocycles. The van der Waals surface area contributed by atoms with E-state index in [1.165, 1.54) is 91.1 Å². The molecule has 728 valence electrons. The summed E-state index contributed by atoms with van der Waals surface area (Å²) in [6.07, 6.45) is -3.49. The second-order valence-electron chi connectivity index (χ2n) is 32.1. The Balaban J connectivity index is 0.000000203. The molecule has 4 unspecified atom stereocenters. The summed E-state index contributed by atoms with van der Waals surface area (Å²) < 4.78 is 82.5. The van der Waals surface area contributed by atoms with E-state index in [-0.39, 0.29) is 162 Å². The summed E-state index contributed by atoms with van der Waals surface area (Å²) in [5.74, 6) is -2.94. The Morgan fingerprint density at radius 2 is 0.691 bits per heavy atom. The van der Waals surface area contributed by atoms with Crippen molar-refractivity contribution in [2.24, 2.45) is 20.0 Å². The molecule has 136 heavy (non-hydrogen) atoms. The molecular weight excluding hydrogens is 2060 g/mol. The Labute approximate surface area is 818 Å². The Morgan fingerprint density at radius 3 is 1.01 bits per heavy atom. The van der Waals surface area contributed by atoms with Gasteiger partial charge in [-0.15, -0.1) is 0 Å². The van der Waals surface area contributed by atoms with Crippen molar-refractivity contribution in [1.82, 2.24) is 47.5 Å². The standard InChI is InChI=1S/C24H27BrF2N4O4.C24H26ClF3N4O4.C23H26BrFN4O4.C22H25Br2N5O3/c1-2-13(14-3-15(22(26)27)5-17(25)4-14)7-20(33)10-28-23(35)16-6-18(9-19(32)8-16)31-24-29-11-21(34)12-30-24;1-2-13(14-3-16(24(26,27)28)8-17(25)4-14)6-20(34)10-29-22(36)15-5-18(9-19(33)7-15)32-23-30-11-21(35)12-31-23;1-2-13(14-3-16(24)8-17(25)4-14)6-20(31)10-26-22(33)15-5-18(9-19(30)7-15)29-23-27-11-21(32)12-28-23;1-2-13(14-3-16(23)7-17(24)4-14)6-19(30)10-26-21(32)15-5-18(9-25-8-15)29-22-27-11-20(31)12-28-22/h3-6,8-9,13,21-22,32,34H,2,7,10-12H2,1H3,(H,28,35)(H2,29,30,31);3-5,7-9,13,21,33,35H,2,6,10-12H2,1H3,(H,29,36)(H2,30,31,32);3-5,7-9,13,21,30,32H,2,6,10-12H2,1H3,(H,26,33)(H2,27,28,29);3-5,7-9,13,20,31H,2,6,10-12H2,1H3,(H,26,32)(H2,27,28,29)/t4*13-/m1111/s1. The van der Waals surface area contributed by atoms with Gasteiger partial charge in [-0.3, -0.25) is 63.3 Å². The number of aromatic nitrogens is 1. The van der Waals surface area contributed by atoms with Gasteiger partial charge >= 0.3 is 6.18 Å². The number of rotatable bonds is 33. The van der Waals surface area contributed by atoms with E-state index >= 15 is 0 Å². The van der Waals surface area contributed by atoms with Crippen LogP contribution in [0.5, 0.6) is 17.2 Å². The molecule has 1 aromatic heterocycles. The number of β-amino-alcohol motifs (C(OH)–C–C–N with tert-alkyl or cyclic N) is 4. The normalized spacial score (nSPS) is 16.4.